The fourth-order valence-electron chi connectivity index (χ4n) is 2.20. The van der Waals surface area contributed by atoms with Crippen LogP contribution in [0, 0.1) is 11.2 Å². The van der Waals surface area contributed by atoms with Gasteiger partial charge in [-0.15, -0.1) is 0 Å². The van der Waals surface area contributed by atoms with E-state index in [0.717, 1.165) is 17.0 Å². The normalized spacial score (nSPS) is 17.6. The number of aromatic carboxylic acids is 1. The van der Waals surface area contributed by atoms with E-state index in [1.54, 1.807) is 13.8 Å². The Bertz CT molecular complexity index is 609. The van der Waals surface area contributed by atoms with Crippen molar-refractivity contribution in [1.82, 2.24) is 4.90 Å². The average Bonchev–Trinajstić information content (AvgIpc) is 2.51. The van der Waals surface area contributed by atoms with Crippen molar-refractivity contribution in [2.45, 2.75) is 26.8 Å². The summed E-state index contributed by atoms with van der Waals surface area (Å²) in [7, 11) is 0. The molecule has 5 nitrogen and oxygen atoms in total. The molecule has 0 aliphatic carbocycles. The standard InChI is InChI=1S/C14H14FNO4/c1-14(2)6-11(17)16(13(14)20)7-8-3-4-9(12(18)19)10(15)5-8/h3-5H,6-7H2,1-2H3,(H,18,19). The smallest absolute Gasteiger partial charge is 0.338 e. The summed E-state index contributed by atoms with van der Waals surface area (Å²) in [5, 5.41) is 8.73. The van der Waals surface area contributed by atoms with Crippen molar-refractivity contribution in [2.24, 2.45) is 5.41 Å². The zero-order valence-electron chi connectivity index (χ0n) is 11.1. The van der Waals surface area contributed by atoms with Gasteiger partial charge in [0.15, 0.2) is 0 Å². The van der Waals surface area contributed by atoms with Crippen LogP contribution >= 0.6 is 0 Å². The molecule has 1 aromatic rings. The summed E-state index contributed by atoms with van der Waals surface area (Å²) in [6, 6.07) is 3.57. The Kier molecular flexibility index (Phi) is 3.33. The zero-order chi connectivity index (χ0) is 15.1. The summed E-state index contributed by atoms with van der Waals surface area (Å²) in [5.74, 6) is -2.84. The molecule has 106 valence electrons. The van der Waals surface area contributed by atoms with E-state index >= 15 is 0 Å². The van der Waals surface area contributed by atoms with Gasteiger partial charge in [0.2, 0.25) is 11.8 Å². The second-order valence-corrected chi connectivity index (χ2v) is 5.47. The molecule has 6 heteroatoms. The maximum atomic E-state index is 13.6. The Morgan fingerprint density at radius 1 is 1.40 bits per heavy atom. The van der Waals surface area contributed by atoms with Crippen LogP contribution in [0.2, 0.25) is 0 Å². The Hall–Kier alpha value is -2.24. The van der Waals surface area contributed by atoms with Crippen LogP contribution in [0.15, 0.2) is 18.2 Å². The van der Waals surface area contributed by atoms with Crippen LogP contribution in [0.4, 0.5) is 4.39 Å². The maximum absolute atomic E-state index is 13.6. The predicted molar refractivity (Wildman–Crippen MR) is 67.3 cm³/mol. The van der Waals surface area contributed by atoms with E-state index in [0.29, 0.717) is 5.56 Å². The van der Waals surface area contributed by atoms with Crippen molar-refractivity contribution in [3.63, 3.8) is 0 Å². The van der Waals surface area contributed by atoms with Crippen LogP contribution in [0.5, 0.6) is 0 Å². The number of imide groups is 1. The van der Waals surface area contributed by atoms with Crippen LogP contribution in [-0.4, -0.2) is 27.8 Å². The number of amides is 2. The highest BCUT2D eigenvalue weighted by Crippen LogP contribution is 2.32. The molecule has 1 aliphatic rings. The van der Waals surface area contributed by atoms with Crippen LogP contribution in [0.1, 0.15) is 36.2 Å². The third-order valence-electron chi connectivity index (χ3n) is 3.32. The largest absolute Gasteiger partial charge is 0.478 e. The molecule has 0 unspecified atom stereocenters. The number of hydrogen-bond acceptors (Lipinski definition) is 3. The molecular formula is C14H14FNO4. The summed E-state index contributed by atoms with van der Waals surface area (Å²) >= 11 is 0. The van der Waals surface area contributed by atoms with E-state index in [4.69, 9.17) is 5.11 Å². The highest BCUT2D eigenvalue weighted by molar-refractivity contribution is 6.05. The van der Waals surface area contributed by atoms with E-state index in [9.17, 15) is 18.8 Å². The van der Waals surface area contributed by atoms with Gasteiger partial charge in [0, 0.05) is 6.42 Å². The maximum Gasteiger partial charge on any atom is 0.338 e. The predicted octanol–water partition coefficient (Wildman–Crippen LogP) is 1.81. The molecule has 2 rings (SSSR count). The minimum Gasteiger partial charge on any atom is -0.478 e. The third kappa shape index (κ3) is 2.41. The minimum atomic E-state index is -1.36. The van der Waals surface area contributed by atoms with Crippen molar-refractivity contribution in [3.05, 3.63) is 35.1 Å². The Balaban J connectivity index is 2.23. The number of halogens is 1. The Morgan fingerprint density at radius 2 is 2.05 bits per heavy atom. The Morgan fingerprint density at radius 3 is 2.50 bits per heavy atom. The van der Waals surface area contributed by atoms with Gasteiger partial charge in [0.25, 0.3) is 0 Å². The lowest BCUT2D eigenvalue weighted by molar-refractivity contribution is -0.141. The molecule has 20 heavy (non-hydrogen) atoms. The van der Waals surface area contributed by atoms with Crippen LogP contribution in [-0.2, 0) is 16.1 Å². The molecule has 0 atom stereocenters. The first-order chi connectivity index (χ1) is 9.22. The average molecular weight is 279 g/mol. The molecule has 1 saturated heterocycles. The molecule has 1 N–H and O–H groups in total. The van der Waals surface area contributed by atoms with Crippen LogP contribution in [0.25, 0.3) is 0 Å². The third-order valence-corrected chi connectivity index (χ3v) is 3.32. The summed E-state index contributed by atoms with van der Waals surface area (Å²) in [6.45, 7) is 3.32. The summed E-state index contributed by atoms with van der Waals surface area (Å²) in [5.41, 5.74) is -0.795. The first kappa shape index (κ1) is 14.2. The van der Waals surface area contributed by atoms with Crippen molar-refractivity contribution in [2.75, 3.05) is 0 Å². The first-order valence-electron chi connectivity index (χ1n) is 6.09. The van der Waals surface area contributed by atoms with Crippen molar-refractivity contribution in [1.29, 1.82) is 0 Å². The summed E-state index contributed by atoms with van der Waals surface area (Å²) in [4.78, 5) is 35.6. The number of carboxylic acids is 1. The van der Waals surface area contributed by atoms with Crippen LogP contribution < -0.4 is 0 Å². The lowest BCUT2D eigenvalue weighted by atomic mass is 9.92. The topological polar surface area (TPSA) is 74.7 Å². The van der Waals surface area contributed by atoms with Gasteiger partial charge in [0.1, 0.15) is 5.82 Å². The lowest BCUT2D eigenvalue weighted by Crippen LogP contribution is -2.32. The number of carbonyl (C=O) groups excluding carboxylic acids is 2. The summed E-state index contributed by atoms with van der Waals surface area (Å²) < 4.78 is 13.6. The monoisotopic (exact) mass is 279 g/mol. The first-order valence-corrected chi connectivity index (χ1v) is 6.09. The molecule has 0 bridgehead atoms. The minimum absolute atomic E-state index is 0.0437. The fraction of sp³-hybridized carbons (Fsp3) is 0.357. The molecule has 1 fully saturated rings. The second-order valence-electron chi connectivity index (χ2n) is 5.47. The lowest BCUT2D eigenvalue weighted by Gasteiger charge is -2.17. The van der Waals surface area contributed by atoms with Gasteiger partial charge in [-0.05, 0) is 17.7 Å². The van der Waals surface area contributed by atoms with E-state index in [2.05, 4.69) is 0 Å². The van der Waals surface area contributed by atoms with Crippen molar-refractivity contribution in [3.8, 4) is 0 Å². The van der Waals surface area contributed by atoms with Gasteiger partial charge in [-0.2, -0.15) is 0 Å². The van der Waals surface area contributed by atoms with Crippen molar-refractivity contribution < 1.29 is 23.9 Å². The number of rotatable bonds is 3. The number of benzene rings is 1. The molecule has 0 saturated carbocycles. The number of nitrogens with zero attached hydrogens (tertiary/aromatic N) is 1. The van der Waals surface area contributed by atoms with E-state index in [-0.39, 0.29) is 24.8 Å². The van der Waals surface area contributed by atoms with E-state index < -0.39 is 22.8 Å². The highest BCUT2D eigenvalue weighted by Gasteiger charge is 2.44. The molecule has 0 radical (unpaired) electrons. The molecule has 1 aromatic carbocycles. The molecule has 2 amide bonds. The molecule has 0 aromatic heterocycles. The van der Waals surface area contributed by atoms with E-state index in [1.807, 2.05) is 0 Å². The SMILES string of the molecule is CC1(C)CC(=O)N(Cc2ccc(C(=O)O)c(F)c2)C1=O. The molecule has 1 heterocycles. The number of likely N-dealkylation sites (tertiary alicyclic amines) is 1. The highest BCUT2D eigenvalue weighted by atomic mass is 19.1. The fourth-order valence-corrected chi connectivity index (χ4v) is 2.20. The molecule has 1 aliphatic heterocycles. The van der Waals surface area contributed by atoms with Gasteiger partial charge in [-0.1, -0.05) is 19.9 Å². The summed E-state index contributed by atoms with van der Waals surface area (Å²) in [6.07, 6.45) is 0.127. The van der Waals surface area contributed by atoms with E-state index in [1.165, 1.54) is 6.07 Å². The molecule has 0 spiro atoms. The number of hydrogen-bond donors (Lipinski definition) is 1. The van der Waals surface area contributed by atoms with Crippen molar-refractivity contribution >= 4 is 17.8 Å². The van der Waals surface area contributed by atoms with Gasteiger partial charge in [-0.25, -0.2) is 9.18 Å². The Labute approximate surface area is 115 Å². The van der Waals surface area contributed by atoms with Gasteiger partial charge >= 0.3 is 5.97 Å². The number of carboxylic acid groups (broad SMARTS) is 1. The molecular weight excluding hydrogens is 265 g/mol. The quantitative estimate of drug-likeness (QED) is 0.856. The van der Waals surface area contributed by atoms with Gasteiger partial charge in [-0.3, -0.25) is 14.5 Å². The number of carbonyl (C=O) groups is 3. The van der Waals surface area contributed by atoms with Crippen LogP contribution in [0.3, 0.4) is 0 Å². The zero-order valence-corrected chi connectivity index (χ0v) is 11.1. The van der Waals surface area contributed by atoms with Gasteiger partial charge in [0.05, 0.1) is 17.5 Å². The van der Waals surface area contributed by atoms with Gasteiger partial charge < -0.3 is 5.11 Å². The second kappa shape index (κ2) is 4.70.